The summed E-state index contributed by atoms with van der Waals surface area (Å²) < 4.78 is 5.47. The Kier molecular flexibility index (Phi) is 7.06. The molecule has 0 radical (unpaired) electrons. The summed E-state index contributed by atoms with van der Waals surface area (Å²) in [6.07, 6.45) is 0. The molecule has 0 saturated heterocycles. The van der Waals surface area contributed by atoms with Crippen LogP contribution in [-0.2, 0) is 13.1 Å². The van der Waals surface area contributed by atoms with E-state index in [1.165, 1.54) is 10.6 Å². The number of hydrogen-bond donors (Lipinski definition) is 4. The molecule has 1 atom stereocenters. The lowest BCUT2D eigenvalue weighted by Gasteiger charge is -2.25. The maximum absolute atomic E-state index is 13.0. The van der Waals surface area contributed by atoms with Crippen molar-refractivity contribution in [2.24, 2.45) is 16.8 Å². The van der Waals surface area contributed by atoms with Crippen molar-refractivity contribution < 1.29 is 14.6 Å². The molecule has 2 heterocycles. The molecule has 10 heteroatoms. The van der Waals surface area contributed by atoms with Crippen molar-refractivity contribution in [3.63, 3.8) is 0 Å². The van der Waals surface area contributed by atoms with Crippen molar-refractivity contribution >= 4 is 17.6 Å². The second kappa shape index (κ2) is 9.73. The van der Waals surface area contributed by atoms with E-state index >= 15 is 0 Å². The average Bonchev–Trinajstić information content (AvgIpc) is 3.20. The molecule has 1 amide bonds. The Bertz CT molecular complexity index is 979. The Morgan fingerprint density at radius 1 is 1.39 bits per heavy atom. The Labute approximate surface area is 181 Å². The third-order valence-corrected chi connectivity index (χ3v) is 5.33. The first-order valence-electron chi connectivity index (χ1n) is 10.0. The van der Waals surface area contributed by atoms with E-state index in [0.717, 1.165) is 25.2 Å². The molecule has 0 aliphatic carbocycles. The number of hydrogen-bond acceptors (Lipinski definition) is 8. The van der Waals surface area contributed by atoms with Gasteiger partial charge in [0, 0.05) is 13.1 Å². The molecule has 1 aliphatic heterocycles. The van der Waals surface area contributed by atoms with Gasteiger partial charge in [-0.1, -0.05) is 13.0 Å². The van der Waals surface area contributed by atoms with Crippen molar-refractivity contribution in [1.82, 2.24) is 14.9 Å². The van der Waals surface area contributed by atoms with Gasteiger partial charge in [0.25, 0.3) is 5.91 Å². The van der Waals surface area contributed by atoms with Crippen molar-refractivity contribution in [3.8, 4) is 5.75 Å². The Morgan fingerprint density at radius 2 is 2.10 bits per heavy atom. The zero-order valence-corrected chi connectivity index (χ0v) is 18.0. The van der Waals surface area contributed by atoms with Crippen LogP contribution in [0.15, 0.2) is 35.4 Å². The molecule has 3 rings (SSSR count). The lowest BCUT2D eigenvalue weighted by atomic mass is 10.0. The highest BCUT2D eigenvalue weighted by molar-refractivity contribution is 6.06. The summed E-state index contributed by atoms with van der Waals surface area (Å²) in [6.45, 7) is 6.23. The number of nitrogens with zero attached hydrogens (tertiary/aromatic N) is 4. The first-order valence-corrected chi connectivity index (χ1v) is 10.0. The van der Waals surface area contributed by atoms with Gasteiger partial charge in [-0.3, -0.25) is 14.7 Å². The van der Waals surface area contributed by atoms with E-state index in [4.69, 9.17) is 16.4 Å². The minimum atomic E-state index is -0.416. The van der Waals surface area contributed by atoms with Gasteiger partial charge in [0.1, 0.15) is 17.3 Å². The summed E-state index contributed by atoms with van der Waals surface area (Å²) in [4.78, 5) is 19.7. The van der Waals surface area contributed by atoms with E-state index in [0.29, 0.717) is 22.8 Å². The molecule has 1 aromatic heterocycles. The van der Waals surface area contributed by atoms with Gasteiger partial charge in [-0.05, 0) is 48.9 Å². The maximum Gasteiger partial charge on any atom is 0.260 e. The van der Waals surface area contributed by atoms with Crippen LogP contribution in [0.5, 0.6) is 5.75 Å². The summed E-state index contributed by atoms with van der Waals surface area (Å²) >= 11 is 0. The van der Waals surface area contributed by atoms with Crippen molar-refractivity contribution in [3.05, 3.63) is 52.7 Å². The number of ether oxygens (including phenoxy) is 1. The summed E-state index contributed by atoms with van der Waals surface area (Å²) in [5.41, 5.74) is 3.08. The number of nitrogens with two attached hydrogens (primary N) is 2. The SMILES string of the molecule is CCN1Cc2cc(OC)c(C(=O)Nc3cccc(/C(=N/N)N(N)C(C)CO)n3)cc2C1. The van der Waals surface area contributed by atoms with Crippen molar-refractivity contribution in [1.29, 1.82) is 0 Å². The van der Waals surface area contributed by atoms with Crippen LogP contribution in [0, 0.1) is 0 Å². The van der Waals surface area contributed by atoms with Gasteiger partial charge in [-0.25, -0.2) is 10.8 Å². The fourth-order valence-electron chi connectivity index (χ4n) is 3.44. The Hall–Kier alpha value is -3.21. The number of hydrazone groups is 1. The lowest BCUT2D eigenvalue weighted by Crippen LogP contribution is -2.47. The number of fused-ring (bicyclic) bond motifs is 1. The number of nitrogens with one attached hydrogen (secondary N) is 1. The third-order valence-electron chi connectivity index (χ3n) is 5.33. The van der Waals surface area contributed by atoms with Crippen molar-refractivity contribution in [2.45, 2.75) is 33.0 Å². The van der Waals surface area contributed by atoms with Crippen LogP contribution in [0.4, 0.5) is 5.82 Å². The van der Waals surface area contributed by atoms with Crippen LogP contribution in [0.3, 0.4) is 0 Å². The van der Waals surface area contributed by atoms with Crippen LogP contribution in [0.2, 0.25) is 0 Å². The van der Waals surface area contributed by atoms with E-state index in [1.54, 1.807) is 32.2 Å². The lowest BCUT2D eigenvalue weighted by molar-refractivity contribution is 0.102. The molecule has 0 fully saturated rings. The third kappa shape index (κ3) is 4.76. The number of aliphatic hydroxyl groups is 1. The average molecular weight is 428 g/mol. The van der Waals surface area contributed by atoms with E-state index in [9.17, 15) is 9.90 Å². The molecule has 0 bridgehead atoms. The zero-order chi connectivity index (χ0) is 22.5. The largest absolute Gasteiger partial charge is 0.496 e. The number of hydrazine groups is 1. The summed E-state index contributed by atoms with van der Waals surface area (Å²) in [7, 11) is 1.55. The predicted molar refractivity (Wildman–Crippen MR) is 118 cm³/mol. The molecule has 31 heavy (non-hydrogen) atoms. The number of amides is 1. The number of carbonyl (C=O) groups is 1. The second-order valence-corrected chi connectivity index (χ2v) is 7.38. The number of anilines is 1. The number of rotatable bonds is 7. The molecule has 2 aromatic rings. The van der Waals surface area contributed by atoms with Gasteiger partial charge in [0.15, 0.2) is 5.84 Å². The van der Waals surface area contributed by atoms with Gasteiger partial charge in [-0.2, -0.15) is 5.10 Å². The van der Waals surface area contributed by atoms with Gasteiger partial charge < -0.3 is 21.0 Å². The summed E-state index contributed by atoms with van der Waals surface area (Å²) in [5, 5.41) is 17.1. The first kappa shape index (κ1) is 22.5. The second-order valence-electron chi connectivity index (χ2n) is 7.38. The highest BCUT2D eigenvalue weighted by Gasteiger charge is 2.23. The Morgan fingerprint density at radius 3 is 2.71 bits per heavy atom. The van der Waals surface area contributed by atoms with E-state index < -0.39 is 6.04 Å². The molecule has 166 valence electrons. The molecule has 6 N–H and O–H groups in total. The monoisotopic (exact) mass is 427 g/mol. The molecular weight excluding hydrogens is 398 g/mol. The fraction of sp³-hybridized carbons (Fsp3) is 0.381. The van der Waals surface area contributed by atoms with Gasteiger partial charge in [0.05, 0.1) is 25.3 Å². The topological polar surface area (TPSA) is 142 Å². The minimum Gasteiger partial charge on any atom is -0.496 e. The first-order chi connectivity index (χ1) is 14.9. The minimum absolute atomic E-state index is 0.181. The van der Waals surface area contributed by atoms with Crippen LogP contribution in [0.1, 0.15) is 41.0 Å². The van der Waals surface area contributed by atoms with Gasteiger partial charge in [-0.15, -0.1) is 0 Å². The molecule has 10 nitrogen and oxygen atoms in total. The number of aliphatic hydroxyl groups excluding tert-OH is 1. The number of carbonyl (C=O) groups excluding carboxylic acids is 1. The van der Waals surface area contributed by atoms with E-state index in [2.05, 4.69) is 27.2 Å². The quantitative estimate of drug-likeness (QED) is 0.220. The Balaban J connectivity index is 1.84. The molecule has 0 saturated carbocycles. The van der Waals surface area contributed by atoms with Crippen LogP contribution in [-0.4, -0.2) is 58.0 Å². The maximum atomic E-state index is 13.0. The number of aromatic nitrogens is 1. The highest BCUT2D eigenvalue weighted by Crippen LogP contribution is 2.30. The van der Waals surface area contributed by atoms with Crippen LogP contribution in [0.25, 0.3) is 0 Å². The zero-order valence-electron chi connectivity index (χ0n) is 18.0. The van der Waals surface area contributed by atoms with E-state index in [-0.39, 0.29) is 18.3 Å². The number of amidine groups is 1. The molecular formula is C21H29N7O3. The molecule has 1 aliphatic rings. The number of methoxy groups -OCH3 is 1. The normalized spacial score (nSPS) is 14.8. The standard InChI is InChI=1S/C21H29N7O3/c1-4-27-10-14-8-16(18(31-3)9-15(14)11-27)21(30)25-19-7-5-6-17(24-19)20(26-22)28(23)13(2)12-29/h5-9,13,29H,4,10-12,22-23H2,1-3H3,(H,24,25,30)/b26-20-. The molecule has 1 unspecified atom stereocenters. The predicted octanol–water partition coefficient (Wildman–Crippen LogP) is 0.855. The smallest absolute Gasteiger partial charge is 0.260 e. The summed E-state index contributed by atoms with van der Waals surface area (Å²) in [6, 6.07) is 8.41. The fourth-order valence-corrected chi connectivity index (χ4v) is 3.44. The van der Waals surface area contributed by atoms with Gasteiger partial charge in [0.2, 0.25) is 0 Å². The summed E-state index contributed by atoms with van der Waals surface area (Å²) in [5.74, 6) is 12.2. The van der Waals surface area contributed by atoms with Crippen molar-refractivity contribution in [2.75, 3.05) is 25.6 Å². The van der Waals surface area contributed by atoms with Crippen LogP contribution < -0.4 is 21.7 Å². The highest BCUT2D eigenvalue weighted by atomic mass is 16.5. The number of pyridine rings is 1. The van der Waals surface area contributed by atoms with Gasteiger partial charge >= 0.3 is 0 Å². The molecule has 1 aromatic carbocycles. The molecule has 0 spiro atoms. The van der Waals surface area contributed by atoms with Crippen LogP contribution >= 0.6 is 0 Å². The number of benzene rings is 1. The van der Waals surface area contributed by atoms with E-state index in [1.807, 2.05) is 12.1 Å².